The lowest BCUT2D eigenvalue weighted by Gasteiger charge is -2.69. The summed E-state index contributed by atoms with van der Waals surface area (Å²) in [4.78, 5) is 39.6. The van der Waals surface area contributed by atoms with Gasteiger partial charge < -0.3 is 4.74 Å². The third-order valence-corrected chi connectivity index (χ3v) is 12.7. The largest absolute Gasteiger partial charge is 0.469 e. The summed E-state index contributed by atoms with van der Waals surface area (Å²) in [6.45, 7) is 13.5. The van der Waals surface area contributed by atoms with Crippen LogP contribution in [0.2, 0.25) is 0 Å². The van der Waals surface area contributed by atoms with E-state index < -0.39 is 5.41 Å². The van der Waals surface area contributed by atoms with Gasteiger partial charge >= 0.3 is 5.97 Å². The van der Waals surface area contributed by atoms with Crippen LogP contribution in [0.3, 0.4) is 0 Å². The zero-order chi connectivity index (χ0) is 27.9. The van der Waals surface area contributed by atoms with E-state index in [1.807, 2.05) is 19.1 Å². The minimum atomic E-state index is -0.472. The maximum absolute atomic E-state index is 14.4. The Hall–Kier alpha value is -2.22. The fourth-order valence-corrected chi connectivity index (χ4v) is 10.2. The van der Waals surface area contributed by atoms with Gasteiger partial charge in [-0.2, -0.15) is 5.26 Å². The number of rotatable bonds is 3. The fourth-order valence-electron chi connectivity index (χ4n) is 10.2. The number of ketones is 2. The predicted octanol–water partition coefficient (Wildman–Crippen LogP) is 6.77. The molecule has 3 fully saturated rings. The molecule has 5 aliphatic rings. The molecule has 5 aliphatic carbocycles. The van der Waals surface area contributed by atoms with E-state index >= 15 is 0 Å². The van der Waals surface area contributed by atoms with Gasteiger partial charge in [0.25, 0.3) is 0 Å². The highest BCUT2D eigenvalue weighted by Gasteiger charge is 2.68. The first kappa shape index (κ1) is 27.4. The van der Waals surface area contributed by atoms with Gasteiger partial charge in [0.15, 0.2) is 11.6 Å². The summed E-state index contributed by atoms with van der Waals surface area (Å²) < 4.78 is 5.02. The first-order valence-corrected chi connectivity index (χ1v) is 14.7. The van der Waals surface area contributed by atoms with Crippen molar-refractivity contribution in [1.82, 2.24) is 0 Å². The van der Waals surface area contributed by atoms with Crippen LogP contribution in [0.15, 0.2) is 23.3 Å². The monoisotopic (exact) mass is 519 g/mol. The Morgan fingerprint density at radius 1 is 1.05 bits per heavy atom. The smallest absolute Gasteiger partial charge is 0.305 e. The van der Waals surface area contributed by atoms with Crippen molar-refractivity contribution in [2.45, 2.75) is 99.3 Å². The molecule has 0 amide bonds. The summed E-state index contributed by atoms with van der Waals surface area (Å²) in [5.41, 5.74) is 0.683. The number of allylic oxidation sites excluding steroid dienone is 4. The third kappa shape index (κ3) is 3.57. The number of nitriles is 1. The molecule has 5 rings (SSSR count). The Morgan fingerprint density at radius 3 is 2.39 bits per heavy atom. The van der Waals surface area contributed by atoms with E-state index in [0.717, 1.165) is 56.9 Å². The van der Waals surface area contributed by atoms with E-state index in [4.69, 9.17) is 4.74 Å². The third-order valence-electron chi connectivity index (χ3n) is 12.7. The number of carbonyl (C=O) groups excluding carboxylic acids is 3. The van der Waals surface area contributed by atoms with Crippen LogP contribution in [-0.2, 0) is 19.1 Å². The summed E-state index contributed by atoms with van der Waals surface area (Å²) in [6, 6.07) is 2.17. The molecule has 38 heavy (non-hydrogen) atoms. The molecule has 2 unspecified atom stereocenters. The number of Topliss-reactive ketones (excluding diaryl/α,β-unsaturated/α-hetero) is 1. The summed E-state index contributed by atoms with van der Waals surface area (Å²) in [6.07, 6.45) is 12.1. The standard InChI is InChI=1S/C33H45NO4/c1-20-22-8-10-31(5)25(30(22,4)17-21(19-34)28(20)37)16-24(35)27-23-18-29(2,3)12-14-33(23,11-9-26(36)38-7)15-13-32(27,31)6/h16-17,20,22-23,27H,8-15,18H2,1-7H3/t20-,22-,23?,27?,30-,31+,32+,33+/m0/s1. The van der Waals surface area contributed by atoms with Crippen molar-refractivity contribution < 1.29 is 19.1 Å². The first-order valence-electron chi connectivity index (χ1n) is 14.7. The molecular weight excluding hydrogens is 474 g/mol. The van der Waals surface area contributed by atoms with Crippen LogP contribution in [-0.4, -0.2) is 24.6 Å². The van der Waals surface area contributed by atoms with E-state index in [1.165, 1.54) is 7.11 Å². The zero-order valence-electron chi connectivity index (χ0n) is 24.4. The molecule has 5 nitrogen and oxygen atoms in total. The highest BCUT2D eigenvalue weighted by Crippen LogP contribution is 2.74. The number of ether oxygens (including phenoxy) is 1. The lowest BCUT2D eigenvalue weighted by molar-refractivity contribution is -0.172. The summed E-state index contributed by atoms with van der Waals surface area (Å²) in [5, 5.41) is 9.79. The Kier molecular flexibility index (Phi) is 6.22. The number of carbonyl (C=O) groups is 3. The molecule has 0 aromatic rings. The highest BCUT2D eigenvalue weighted by molar-refractivity contribution is 6.02. The van der Waals surface area contributed by atoms with Gasteiger partial charge in [-0.1, -0.05) is 53.2 Å². The molecule has 0 aromatic heterocycles. The van der Waals surface area contributed by atoms with E-state index in [2.05, 4.69) is 40.7 Å². The van der Waals surface area contributed by atoms with Crippen molar-refractivity contribution in [3.05, 3.63) is 23.3 Å². The lowest BCUT2D eigenvalue weighted by Crippen LogP contribution is -2.64. The number of methoxy groups -OCH3 is 1. The topological polar surface area (TPSA) is 84.2 Å². The molecule has 0 spiro atoms. The summed E-state index contributed by atoms with van der Waals surface area (Å²) >= 11 is 0. The second-order valence-corrected chi connectivity index (χ2v) is 14.9. The average molecular weight is 520 g/mol. The van der Waals surface area contributed by atoms with Gasteiger partial charge in [0.2, 0.25) is 0 Å². The highest BCUT2D eigenvalue weighted by atomic mass is 16.5. The molecule has 0 aromatic carbocycles. The first-order chi connectivity index (χ1) is 17.7. The van der Waals surface area contributed by atoms with Crippen LogP contribution in [0, 0.1) is 62.1 Å². The van der Waals surface area contributed by atoms with Crippen molar-refractivity contribution in [2.75, 3.05) is 7.11 Å². The maximum atomic E-state index is 14.4. The number of fused-ring (bicyclic) bond motifs is 7. The number of hydrogen-bond donors (Lipinski definition) is 0. The normalized spacial score (nSPS) is 45.3. The van der Waals surface area contributed by atoms with Gasteiger partial charge in [-0.3, -0.25) is 14.4 Å². The van der Waals surface area contributed by atoms with Gasteiger partial charge in [0.05, 0.1) is 12.7 Å². The quantitative estimate of drug-likeness (QED) is 0.384. The van der Waals surface area contributed by atoms with Gasteiger partial charge in [-0.15, -0.1) is 0 Å². The van der Waals surface area contributed by atoms with E-state index in [1.54, 1.807) is 0 Å². The van der Waals surface area contributed by atoms with Gasteiger partial charge in [-0.25, -0.2) is 0 Å². The predicted molar refractivity (Wildman–Crippen MR) is 146 cm³/mol. The molecule has 0 bridgehead atoms. The second kappa shape index (κ2) is 8.64. The minimum absolute atomic E-state index is 0.00793. The van der Waals surface area contributed by atoms with Crippen molar-refractivity contribution in [1.29, 1.82) is 5.26 Å². The minimum Gasteiger partial charge on any atom is -0.469 e. The molecule has 0 N–H and O–H groups in total. The maximum Gasteiger partial charge on any atom is 0.305 e. The van der Waals surface area contributed by atoms with Crippen LogP contribution in [0.1, 0.15) is 99.3 Å². The zero-order valence-corrected chi connectivity index (χ0v) is 24.4. The molecule has 0 radical (unpaired) electrons. The van der Waals surface area contributed by atoms with E-state index in [9.17, 15) is 19.6 Å². The molecule has 206 valence electrons. The Balaban J connectivity index is 1.63. The molecule has 0 saturated heterocycles. The van der Waals surface area contributed by atoms with Gasteiger partial charge in [0, 0.05) is 23.7 Å². The van der Waals surface area contributed by atoms with E-state index in [0.29, 0.717) is 6.42 Å². The van der Waals surface area contributed by atoms with Crippen LogP contribution in [0.5, 0.6) is 0 Å². The number of hydrogen-bond acceptors (Lipinski definition) is 5. The SMILES string of the molecule is COC(=O)CC[C@]12CCC(C)(C)CC1C1C(=O)C=C3[C@@]4(C)C=C(C#N)C(=O)[C@@H](C)[C@@H]4CC[C@@]3(C)[C@]1(C)CC2. The molecular formula is C33H45NO4. The molecule has 3 saturated carbocycles. The van der Waals surface area contributed by atoms with Gasteiger partial charge in [-0.05, 0) is 90.9 Å². The summed E-state index contributed by atoms with van der Waals surface area (Å²) in [5.74, 6) is 0.0560. The van der Waals surface area contributed by atoms with Gasteiger partial charge in [0.1, 0.15) is 6.07 Å². The second-order valence-electron chi connectivity index (χ2n) is 14.9. The molecule has 5 heteroatoms. The Labute approximate surface area is 228 Å². The number of esters is 1. The van der Waals surface area contributed by atoms with Crippen molar-refractivity contribution in [3.8, 4) is 6.07 Å². The number of nitrogens with zero attached hydrogens (tertiary/aromatic N) is 1. The van der Waals surface area contributed by atoms with Crippen LogP contribution in [0.25, 0.3) is 0 Å². The van der Waals surface area contributed by atoms with Crippen LogP contribution >= 0.6 is 0 Å². The van der Waals surface area contributed by atoms with Crippen LogP contribution < -0.4 is 0 Å². The average Bonchev–Trinajstić information content (AvgIpc) is 2.86. The fraction of sp³-hybridized carbons (Fsp3) is 0.758. The molecule has 8 atom stereocenters. The molecule has 0 heterocycles. The lowest BCUT2D eigenvalue weighted by atomic mass is 9.34. The van der Waals surface area contributed by atoms with Crippen molar-refractivity contribution >= 4 is 17.5 Å². The van der Waals surface area contributed by atoms with Crippen LogP contribution in [0.4, 0.5) is 0 Å². The molecule has 0 aliphatic heterocycles. The van der Waals surface area contributed by atoms with Crippen molar-refractivity contribution in [3.63, 3.8) is 0 Å². The van der Waals surface area contributed by atoms with E-state index in [-0.39, 0.29) is 68.4 Å². The van der Waals surface area contributed by atoms with Crippen molar-refractivity contribution in [2.24, 2.45) is 50.7 Å². The Morgan fingerprint density at radius 2 is 1.74 bits per heavy atom. The summed E-state index contributed by atoms with van der Waals surface area (Å²) in [7, 11) is 1.46. The Bertz CT molecular complexity index is 1190.